The summed E-state index contributed by atoms with van der Waals surface area (Å²) in [6.07, 6.45) is 7.35. The molecule has 0 atom stereocenters. The van der Waals surface area contributed by atoms with E-state index in [1.54, 1.807) is 0 Å². The first kappa shape index (κ1) is 22.3. The van der Waals surface area contributed by atoms with Gasteiger partial charge in [-0.15, -0.1) is 21.5 Å². The van der Waals surface area contributed by atoms with E-state index in [1.807, 2.05) is 29.5 Å². The Bertz CT molecular complexity index is 1310. The van der Waals surface area contributed by atoms with Crippen molar-refractivity contribution in [3.8, 4) is 0 Å². The smallest absolute Gasteiger partial charge is 0.213 e. The average Bonchev–Trinajstić information content (AvgIpc) is 3.39. The maximum absolute atomic E-state index is 6.36. The van der Waals surface area contributed by atoms with Gasteiger partial charge in [-0.2, -0.15) is 0 Å². The van der Waals surface area contributed by atoms with Crippen molar-refractivity contribution in [3.63, 3.8) is 0 Å². The van der Waals surface area contributed by atoms with Crippen LogP contribution in [0.1, 0.15) is 60.7 Å². The van der Waals surface area contributed by atoms with Crippen molar-refractivity contribution in [2.75, 3.05) is 31.1 Å². The lowest BCUT2D eigenvalue weighted by molar-refractivity contribution is 0.287. The average molecular weight is 495 g/mol. The van der Waals surface area contributed by atoms with E-state index < -0.39 is 0 Å². The predicted molar refractivity (Wildman–Crippen MR) is 140 cm³/mol. The number of halogens is 1. The maximum atomic E-state index is 6.36. The molecule has 1 saturated carbocycles. The molecular weight excluding hydrogens is 464 g/mol. The van der Waals surface area contributed by atoms with Gasteiger partial charge in [0.25, 0.3) is 0 Å². The zero-order chi connectivity index (χ0) is 23.1. The largest absolute Gasteiger partial charge is 0.341 e. The molecule has 0 bridgehead atoms. The minimum atomic E-state index is 0.458. The van der Waals surface area contributed by atoms with E-state index in [4.69, 9.17) is 26.8 Å². The second kappa shape index (κ2) is 9.44. The van der Waals surface area contributed by atoms with E-state index in [1.165, 1.54) is 42.5 Å². The molecule has 0 unspecified atom stereocenters. The molecule has 34 heavy (non-hydrogen) atoms. The topological polar surface area (TPSA) is 49.6 Å². The number of anilines is 1. The zero-order valence-corrected chi connectivity index (χ0v) is 21.3. The molecule has 2 fully saturated rings. The third-order valence-electron chi connectivity index (χ3n) is 7.49. The normalized spacial score (nSPS) is 18.7. The Morgan fingerprint density at radius 1 is 1.00 bits per heavy atom. The Kier molecular flexibility index (Phi) is 6.18. The highest BCUT2D eigenvalue weighted by Gasteiger charge is 2.27. The Labute approximate surface area is 209 Å². The zero-order valence-electron chi connectivity index (χ0n) is 19.7. The molecule has 1 saturated heterocycles. The summed E-state index contributed by atoms with van der Waals surface area (Å²) in [6, 6.07) is 8.15. The highest BCUT2D eigenvalue weighted by atomic mass is 35.5. The molecule has 0 spiro atoms. The Morgan fingerprint density at radius 3 is 2.71 bits per heavy atom. The van der Waals surface area contributed by atoms with Crippen molar-refractivity contribution in [2.24, 2.45) is 0 Å². The molecule has 2 aliphatic rings. The van der Waals surface area contributed by atoms with Crippen molar-refractivity contribution >= 4 is 45.4 Å². The van der Waals surface area contributed by atoms with Crippen molar-refractivity contribution in [2.45, 2.75) is 57.9 Å². The highest BCUT2D eigenvalue weighted by Crippen LogP contribution is 2.35. The number of hydrogen-bond acceptors (Lipinski definition) is 6. The third-order valence-corrected chi connectivity index (χ3v) is 8.73. The van der Waals surface area contributed by atoms with Crippen molar-refractivity contribution in [3.05, 3.63) is 50.9 Å². The number of nitrogens with zero attached hydrogens (tertiary/aromatic N) is 6. The van der Waals surface area contributed by atoms with E-state index in [0.717, 1.165) is 67.5 Å². The SMILES string of the molecule is Cc1ccsc1CN1CCCN(c2nc3cc(Cl)ccc3c3nnc(C4CCCCC4)n23)CC1. The van der Waals surface area contributed by atoms with Gasteiger partial charge in [0, 0.05) is 53.9 Å². The number of aromatic nitrogens is 4. The van der Waals surface area contributed by atoms with Gasteiger partial charge in [0.05, 0.1) is 5.52 Å². The van der Waals surface area contributed by atoms with E-state index >= 15 is 0 Å². The summed E-state index contributed by atoms with van der Waals surface area (Å²) in [7, 11) is 0. The van der Waals surface area contributed by atoms with Crippen LogP contribution < -0.4 is 4.90 Å². The maximum Gasteiger partial charge on any atom is 0.213 e. The highest BCUT2D eigenvalue weighted by molar-refractivity contribution is 7.10. The van der Waals surface area contributed by atoms with Gasteiger partial charge in [-0.05, 0) is 61.4 Å². The lowest BCUT2D eigenvalue weighted by Crippen LogP contribution is -2.32. The van der Waals surface area contributed by atoms with Crippen LogP contribution in [0.3, 0.4) is 0 Å². The third kappa shape index (κ3) is 4.18. The van der Waals surface area contributed by atoms with Gasteiger partial charge in [-0.25, -0.2) is 9.38 Å². The van der Waals surface area contributed by atoms with Crippen molar-refractivity contribution in [1.82, 2.24) is 24.5 Å². The van der Waals surface area contributed by atoms with Gasteiger partial charge in [0.1, 0.15) is 5.82 Å². The van der Waals surface area contributed by atoms with Gasteiger partial charge in [-0.1, -0.05) is 30.9 Å². The number of aryl methyl sites for hydroxylation is 1. The fourth-order valence-electron chi connectivity index (χ4n) is 5.55. The molecule has 178 valence electrons. The number of benzene rings is 1. The van der Waals surface area contributed by atoms with Crippen LogP contribution >= 0.6 is 22.9 Å². The number of fused-ring (bicyclic) bond motifs is 3. The molecule has 4 aromatic rings. The standard InChI is InChI=1S/C26H31ClN6S/c1-18-10-15-34-23(18)17-31-11-5-12-32(14-13-31)26-28-22-16-20(27)8-9-21(22)25-30-29-24(33(25)26)19-6-3-2-4-7-19/h8-10,15-16,19H,2-7,11-14,17H2,1H3. The quantitative estimate of drug-likeness (QED) is 0.345. The Morgan fingerprint density at radius 2 is 1.88 bits per heavy atom. The Balaban J connectivity index is 1.38. The van der Waals surface area contributed by atoms with Crippen LogP contribution in [-0.2, 0) is 6.54 Å². The molecule has 0 amide bonds. The molecular formula is C26H31ClN6S. The van der Waals surface area contributed by atoms with Gasteiger partial charge in [-0.3, -0.25) is 4.90 Å². The van der Waals surface area contributed by atoms with E-state index in [0.29, 0.717) is 10.9 Å². The summed E-state index contributed by atoms with van der Waals surface area (Å²) < 4.78 is 2.27. The van der Waals surface area contributed by atoms with Crippen LogP contribution in [-0.4, -0.2) is 50.7 Å². The van der Waals surface area contributed by atoms with Crippen LogP contribution in [0.2, 0.25) is 5.02 Å². The lowest BCUT2D eigenvalue weighted by Gasteiger charge is -2.26. The summed E-state index contributed by atoms with van der Waals surface area (Å²) in [4.78, 5) is 11.7. The van der Waals surface area contributed by atoms with Gasteiger partial charge in [0.2, 0.25) is 5.95 Å². The predicted octanol–water partition coefficient (Wildman–Crippen LogP) is 6.06. The second-order valence-corrected chi connectivity index (χ2v) is 11.2. The summed E-state index contributed by atoms with van der Waals surface area (Å²) in [5.74, 6) is 2.52. The summed E-state index contributed by atoms with van der Waals surface area (Å²) in [5.41, 5.74) is 3.21. The number of rotatable bonds is 4. The van der Waals surface area contributed by atoms with Gasteiger partial charge in [0.15, 0.2) is 5.65 Å². The minimum Gasteiger partial charge on any atom is -0.341 e. The molecule has 0 N–H and O–H groups in total. The van der Waals surface area contributed by atoms with Gasteiger partial charge < -0.3 is 4.90 Å². The summed E-state index contributed by atoms with van der Waals surface area (Å²) in [5, 5.41) is 13.4. The van der Waals surface area contributed by atoms with Crippen LogP contribution in [0.4, 0.5) is 5.95 Å². The lowest BCUT2D eigenvalue weighted by atomic mass is 9.89. The van der Waals surface area contributed by atoms with E-state index in [-0.39, 0.29) is 0 Å². The number of hydrogen-bond donors (Lipinski definition) is 0. The Hall–Kier alpha value is -2.22. The van der Waals surface area contributed by atoms with Crippen molar-refractivity contribution < 1.29 is 0 Å². The van der Waals surface area contributed by atoms with E-state index in [2.05, 4.69) is 32.6 Å². The molecule has 8 heteroatoms. The van der Waals surface area contributed by atoms with Crippen LogP contribution in [0.5, 0.6) is 0 Å². The van der Waals surface area contributed by atoms with Crippen LogP contribution in [0, 0.1) is 6.92 Å². The van der Waals surface area contributed by atoms with Gasteiger partial charge >= 0.3 is 0 Å². The van der Waals surface area contributed by atoms with Crippen molar-refractivity contribution in [1.29, 1.82) is 0 Å². The second-order valence-electron chi connectivity index (χ2n) is 9.77. The fourth-order valence-corrected chi connectivity index (χ4v) is 6.66. The first-order chi connectivity index (χ1) is 16.7. The molecule has 6 rings (SSSR count). The molecule has 3 aromatic heterocycles. The molecule has 1 aromatic carbocycles. The minimum absolute atomic E-state index is 0.458. The molecule has 4 heterocycles. The molecule has 1 aliphatic carbocycles. The fraction of sp³-hybridized carbons (Fsp3) is 0.500. The first-order valence-corrected chi connectivity index (χ1v) is 13.8. The number of thiophene rings is 1. The van der Waals surface area contributed by atoms with E-state index in [9.17, 15) is 0 Å². The van der Waals surface area contributed by atoms with Crippen LogP contribution in [0.25, 0.3) is 16.6 Å². The summed E-state index contributed by atoms with van der Waals surface area (Å²) >= 11 is 8.23. The first-order valence-electron chi connectivity index (χ1n) is 12.5. The molecule has 0 radical (unpaired) electrons. The molecule has 1 aliphatic heterocycles. The summed E-state index contributed by atoms with van der Waals surface area (Å²) in [6.45, 7) is 7.31. The monoisotopic (exact) mass is 494 g/mol. The van der Waals surface area contributed by atoms with Crippen LogP contribution in [0.15, 0.2) is 29.6 Å². The molecule has 6 nitrogen and oxygen atoms in total.